The molecule has 0 atom stereocenters. The van der Waals surface area contributed by atoms with Crippen molar-refractivity contribution >= 4 is 17.4 Å². The number of rotatable bonds is 1. The highest BCUT2D eigenvalue weighted by atomic mass is 16.2. The minimum absolute atomic E-state index is 0.0716. The van der Waals surface area contributed by atoms with E-state index < -0.39 is 0 Å². The number of amides is 1. The summed E-state index contributed by atoms with van der Waals surface area (Å²) in [6.07, 6.45) is 0. The standard InChI is InChI=1S/C13H14N4O/c1-7-3-4-10(14)12-9(7)6-17(13(12)18)11-5-8(2)15-16-11/h3-5H,6,14H2,1-2H3,(H,15,16). The van der Waals surface area contributed by atoms with E-state index in [1.807, 2.05) is 26.0 Å². The van der Waals surface area contributed by atoms with Gasteiger partial charge in [0.15, 0.2) is 5.82 Å². The van der Waals surface area contributed by atoms with Crippen molar-refractivity contribution in [1.29, 1.82) is 0 Å². The Bertz CT molecular complexity index is 644. The van der Waals surface area contributed by atoms with Gasteiger partial charge in [0.25, 0.3) is 5.91 Å². The molecule has 0 spiro atoms. The molecule has 1 aromatic carbocycles. The maximum absolute atomic E-state index is 12.4. The van der Waals surface area contributed by atoms with Crippen LogP contribution in [0.3, 0.4) is 0 Å². The van der Waals surface area contributed by atoms with Crippen LogP contribution in [-0.2, 0) is 6.54 Å². The SMILES string of the molecule is Cc1cc(N2Cc3c(C)ccc(N)c3C2=O)n[nH]1. The molecule has 0 radical (unpaired) electrons. The van der Waals surface area contributed by atoms with Crippen LogP contribution in [0.1, 0.15) is 27.2 Å². The minimum atomic E-state index is -0.0716. The monoisotopic (exact) mass is 242 g/mol. The highest BCUT2D eigenvalue weighted by molar-refractivity contribution is 6.13. The summed E-state index contributed by atoms with van der Waals surface area (Å²) >= 11 is 0. The van der Waals surface area contributed by atoms with Crippen LogP contribution in [0.15, 0.2) is 18.2 Å². The number of aromatic amines is 1. The molecule has 18 heavy (non-hydrogen) atoms. The first-order valence-corrected chi connectivity index (χ1v) is 5.80. The van der Waals surface area contributed by atoms with E-state index in [9.17, 15) is 4.79 Å². The second-order valence-corrected chi connectivity index (χ2v) is 4.63. The van der Waals surface area contributed by atoms with Crippen molar-refractivity contribution in [2.45, 2.75) is 20.4 Å². The molecule has 0 unspecified atom stereocenters. The minimum Gasteiger partial charge on any atom is -0.398 e. The van der Waals surface area contributed by atoms with Gasteiger partial charge in [-0.1, -0.05) is 6.07 Å². The molecule has 1 aromatic heterocycles. The third kappa shape index (κ3) is 1.40. The Morgan fingerprint density at radius 2 is 2.17 bits per heavy atom. The molecule has 5 heteroatoms. The maximum Gasteiger partial charge on any atom is 0.262 e. The predicted molar refractivity (Wildman–Crippen MR) is 69.4 cm³/mol. The van der Waals surface area contributed by atoms with Crippen LogP contribution in [0.2, 0.25) is 0 Å². The Morgan fingerprint density at radius 1 is 1.39 bits per heavy atom. The smallest absolute Gasteiger partial charge is 0.262 e. The number of hydrogen-bond acceptors (Lipinski definition) is 3. The van der Waals surface area contributed by atoms with Crippen molar-refractivity contribution in [3.63, 3.8) is 0 Å². The summed E-state index contributed by atoms with van der Waals surface area (Å²) < 4.78 is 0. The first kappa shape index (κ1) is 10.8. The molecule has 2 heterocycles. The molecule has 1 aliphatic rings. The Labute approximate surface area is 105 Å². The quantitative estimate of drug-likeness (QED) is 0.748. The summed E-state index contributed by atoms with van der Waals surface area (Å²) in [7, 11) is 0. The van der Waals surface area contributed by atoms with Gasteiger partial charge < -0.3 is 5.73 Å². The van der Waals surface area contributed by atoms with E-state index >= 15 is 0 Å². The second kappa shape index (κ2) is 3.60. The Hall–Kier alpha value is -2.30. The zero-order valence-electron chi connectivity index (χ0n) is 10.3. The highest BCUT2D eigenvalue weighted by Gasteiger charge is 2.32. The van der Waals surface area contributed by atoms with Crippen molar-refractivity contribution in [1.82, 2.24) is 10.2 Å². The Kier molecular flexibility index (Phi) is 2.16. The summed E-state index contributed by atoms with van der Waals surface area (Å²) in [5.41, 5.74) is 10.1. The number of anilines is 2. The number of nitrogens with one attached hydrogen (secondary N) is 1. The number of carbonyl (C=O) groups is 1. The number of nitrogen functional groups attached to an aromatic ring is 1. The van der Waals surface area contributed by atoms with E-state index in [4.69, 9.17) is 5.73 Å². The maximum atomic E-state index is 12.4. The van der Waals surface area contributed by atoms with Crippen molar-refractivity contribution in [3.05, 3.63) is 40.6 Å². The molecule has 0 saturated heterocycles. The number of carbonyl (C=O) groups excluding carboxylic acids is 1. The largest absolute Gasteiger partial charge is 0.398 e. The normalized spacial score (nSPS) is 14.1. The summed E-state index contributed by atoms with van der Waals surface area (Å²) in [6.45, 7) is 4.43. The highest BCUT2D eigenvalue weighted by Crippen LogP contribution is 2.32. The van der Waals surface area contributed by atoms with E-state index in [0.29, 0.717) is 23.6 Å². The summed E-state index contributed by atoms with van der Waals surface area (Å²) in [5.74, 6) is 0.574. The summed E-state index contributed by atoms with van der Waals surface area (Å²) in [6, 6.07) is 5.58. The number of H-pyrrole nitrogens is 1. The van der Waals surface area contributed by atoms with Crippen LogP contribution < -0.4 is 10.6 Å². The lowest BCUT2D eigenvalue weighted by Gasteiger charge is -2.11. The molecule has 3 rings (SSSR count). The Morgan fingerprint density at radius 3 is 2.78 bits per heavy atom. The number of nitrogens with zero attached hydrogens (tertiary/aromatic N) is 2. The first-order valence-electron chi connectivity index (χ1n) is 5.80. The molecule has 0 aliphatic carbocycles. The molecule has 3 N–H and O–H groups in total. The van der Waals surface area contributed by atoms with Gasteiger partial charge in [-0.25, -0.2) is 0 Å². The zero-order valence-corrected chi connectivity index (χ0v) is 10.3. The van der Waals surface area contributed by atoms with E-state index in [2.05, 4.69) is 10.2 Å². The second-order valence-electron chi connectivity index (χ2n) is 4.63. The van der Waals surface area contributed by atoms with Crippen molar-refractivity contribution in [2.75, 3.05) is 10.6 Å². The van der Waals surface area contributed by atoms with Crippen molar-refractivity contribution in [2.24, 2.45) is 0 Å². The van der Waals surface area contributed by atoms with Gasteiger partial charge in [-0.15, -0.1) is 0 Å². The van der Waals surface area contributed by atoms with Gasteiger partial charge in [0.2, 0.25) is 0 Å². The molecule has 0 saturated carbocycles. The fourth-order valence-electron chi connectivity index (χ4n) is 2.32. The lowest BCUT2D eigenvalue weighted by molar-refractivity contribution is 0.0996. The van der Waals surface area contributed by atoms with Gasteiger partial charge in [0, 0.05) is 17.4 Å². The third-order valence-corrected chi connectivity index (χ3v) is 3.32. The number of fused-ring (bicyclic) bond motifs is 1. The molecule has 2 aromatic rings. The van der Waals surface area contributed by atoms with Crippen LogP contribution in [0.25, 0.3) is 0 Å². The summed E-state index contributed by atoms with van der Waals surface area (Å²) in [4.78, 5) is 14.0. The number of hydrogen-bond donors (Lipinski definition) is 2. The average molecular weight is 242 g/mol. The van der Waals surface area contributed by atoms with Gasteiger partial charge in [-0.3, -0.25) is 14.8 Å². The fraction of sp³-hybridized carbons (Fsp3) is 0.231. The van der Waals surface area contributed by atoms with Gasteiger partial charge >= 0.3 is 0 Å². The van der Waals surface area contributed by atoms with Crippen molar-refractivity contribution < 1.29 is 4.79 Å². The molecule has 0 bridgehead atoms. The molecule has 1 aliphatic heterocycles. The van der Waals surface area contributed by atoms with Crippen molar-refractivity contribution in [3.8, 4) is 0 Å². The molecule has 5 nitrogen and oxygen atoms in total. The van der Waals surface area contributed by atoms with Gasteiger partial charge in [0.1, 0.15) is 0 Å². The van der Waals surface area contributed by atoms with Gasteiger partial charge in [0.05, 0.1) is 12.1 Å². The van der Waals surface area contributed by atoms with Crippen LogP contribution in [-0.4, -0.2) is 16.1 Å². The molecular formula is C13H14N4O. The number of aromatic nitrogens is 2. The van der Waals surface area contributed by atoms with E-state index in [0.717, 1.165) is 16.8 Å². The van der Waals surface area contributed by atoms with Crippen LogP contribution >= 0.6 is 0 Å². The molecule has 92 valence electrons. The first-order chi connectivity index (χ1) is 8.58. The fourth-order valence-corrected chi connectivity index (χ4v) is 2.32. The lowest BCUT2D eigenvalue weighted by atomic mass is 10.0. The number of nitrogens with two attached hydrogens (primary N) is 1. The predicted octanol–water partition coefficient (Wildman–Crippen LogP) is 1.77. The van der Waals surface area contributed by atoms with E-state index in [1.54, 1.807) is 11.0 Å². The van der Waals surface area contributed by atoms with Crippen LogP contribution in [0.5, 0.6) is 0 Å². The topological polar surface area (TPSA) is 75.0 Å². The Balaban J connectivity index is 2.09. The van der Waals surface area contributed by atoms with E-state index in [-0.39, 0.29) is 5.91 Å². The molecular weight excluding hydrogens is 228 g/mol. The zero-order chi connectivity index (χ0) is 12.9. The van der Waals surface area contributed by atoms with Crippen LogP contribution in [0.4, 0.5) is 11.5 Å². The summed E-state index contributed by atoms with van der Waals surface area (Å²) in [5, 5.41) is 6.98. The number of aryl methyl sites for hydroxylation is 2. The average Bonchev–Trinajstić information content (AvgIpc) is 2.89. The number of benzene rings is 1. The third-order valence-electron chi connectivity index (χ3n) is 3.32. The van der Waals surface area contributed by atoms with Crippen LogP contribution in [0, 0.1) is 13.8 Å². The van der Waals surface area contributed by atoms with Gasteiger partial charge in [-0.2, -0.15) is 5.10 Å². The van der Waals surface area contributed by atoms with Gasteiger partial charge in [-0.05, 0) is 31.0 Å². The van der Waals surface area contributed by atoms with E-state index in [1.165, 1.54) is 0 Å². The molecule has 1 amide bonds. The lowest BCUT2D eigenvalue weighted by Crippen LogP contribution is -2.23. The molecule has 0 fully saturated rings.